The standard InChI is InChI=1S/C15H22FN3O3S/c1-18(2)23(21,22)17-11-14(19-8-4-7-15(19)20)10-12-5-3-6-13(16)9-12/h3,5-6,9,14,17H,4,7-8,10-11H2,1-2H3/t14-/m1/s1. The fourth-order valence-corrected chi connectivity index (χ4v) is 3.28. The van der Waals surface area contributed by atoms with Crippen LogP contribution in [0.2, 0.25) is 0 Å². The number of rotatable bonds is 7. The van der Waals surface area contributed by atoms with Crippen LogP contribution in [0.15, 0.2) is 24.3 Å². The number of nitrogens with zero attached hydrogens (tertiary/aromatic N) is 2. The summed E-state index contributed by atoms with van der Waals surface area (Å²) >= 11 is 0. The molecule has 1 N–H and O–H groups in total. The molecule has 1 aromatic carbocycles. The van der Waals surface area contributed by atoms with Gasteiger partial charge in [0.25, 0.3) is 10.2 Å². The molecule has 1 saturated heterocycles. The van der Waals surface area contributed by atoms with E-state index in [0.717, 1.165) is 16.3 Å². The first-order chi connectivity index (χ1) is 10.8. The van der Waals surface area contributed by atoms with Crippen LogP contribution in [0.25, 0.3) is 0 Å². The van der Waals surface area contributed by atoms with Crippen molar-refractivity contribution in [3.8, 4) is 0 Å². The highest BCUT2D eigenvalue weighted by atomic mass is 32.2. The lowest BCUT2D eigenvalue weighted by Gasteiger charge is -2.28. The van der Waals surface area contributed by atoms with E-state index >= 15 is 0 Å². The van der Waals surface area contributed by atoms with Gasteiger partial charge in [-0.3, -0.25) is 4.79 Å². The monoisotopic (exact) mass is 343 g/mol. The van der Waals surface area contributed by atoms with Crippen LogP contribution in [0, 0.1) is 5.82 Å². The van der Waals surface area contributed by atoms with Crippen molar-refractivity contribution in [1.82, 2.24) is 13.9 Å². The lowest BCUT2D eigenvalue weighted by Crippen LogP contribution is -2.48. The highest BCUT2D eigenvalue weighted by Crippen LogP contribution is 2.17. The molecule has 1 aliphatic rings. The minimum absolute atomic E-state index is 0.00968. The molecule has 8 heteroatoms. The molecule has 1 atom stereocenters. The van der Waals surface area contributed by atoms with Gasteiger partial charge in [-0.1, -0.05) is 12.1 Å². The maximum Gasteiger partial charge on any atom is 0.279 e. The van der Waals surface area contributed by atoms with E-state index in [9.17, 15) is 17.6 Å². The Bertz CT molecular complexity index is 664. The number of halogens is 1. The molecule has 0 saturated carbocycles. The fraction of sp³-hybridized carbons (Fsp3) is 0.533. The molecule has 0 aliphatic carbocycles. The summed E-state index contributed by atoms with van der Waals surface area (Å²) in [4.78, 5) is 13.7. The van der Waals surface area contributed by atoms with Crippen molar-refractivity contribution in [1.29, 1.82) is 0 Å². The lowest BCUT2D eigenvalue weighted by molar-refractivity contribution is -0.129. The van der Waals surface area contributed by atoms with Gasteiger partial charge in [-0.05, 0) is 30.5 Å². The molecule has 1 amide bonds. The van der Waals surface area contributed by atoms with E-state index in [-0.39, 0.29) is 24.3 Å². The van der Waals surface area contributed by atoms with Crippen LogP contribution in [0.1, 0.15) is 18.4 Å². The number of carbonyl (C=O) groups excluding carboxylic acids is 1. The summed E-state index contributed by atoms with van der Waals surface area (Å²) in [6.45, 7) is 0.700. The van der Waals surface area contributed by atoms with Gasteiger partial charge in [0.15, 0.2) is 0 Å². The van der Waals surface area contributed by atoms with Gasteiger partial charge in [0.05, 0.1) is 0 Å². The Balaban J connectivity index is 2.13. The van der Waals surface area contributed by atoms with E-state index in [1.165, 1.54) is 26.2 Å². The number of hydrogen-bond donors (Lipinski definition) is 1. The average Bonchev–Trinajstić information content (AvgIpc) is 2.89. The Morgan fingerprint density at radius 3 is 2.70 bits per heavy atom. The van der Waals surface area contributed by atoms with Crippen molar-refractivity contribution in [2.45, 2.75) is 25.3 Å². The van der Waals surface area contributed by atoms with Gasteiger partial charge in [0, 0.05) is 39.6 Å². The zero-order valence-electron chi connectivity index (χ0n) is 13.3. The third-order valence-corrected chi connectivity index (χ3v) is 5.39. The van der Waals surface area contributed by atoms with E-state index < -0.39 is 10.2 Å². The number of nitrogens with one attached hydrogen (secondary N) is 1. The topological polar surface area (TPSA) is 69.7 Å². The van der Waals surface area contributed by atoms with Gasteiger partial charge in [-0.15, -0.1) is 0 Å². The number of likely N-dealkylation sites (tertiary alicyclic amines) is 1. The van der Waals surface area contributed by atoms with Gasteiger partial charge >= 0.3 is 0 Å². The van der Waals surface area contributed by atoms with Crippen molar-refractivity contribution in [3.63, 3.8) is 0 Å². The molecule has 2 rings (SSSR count). The molecule has 6 nitrogen and oxygen atoms in total. The number of amides is 1. The Morgan fingerprint density at radius 1 is 1.39 bits per heavy atom. The van der Waals surface area contributed by atoms with Crippen LogP contribution >= 0.6 is 0 Å². The molecular formula is C15H22FN3O3S. The van der Waals surface area contributed by atoms with E-state index in [4.69, 9.17) is 0 Å². The molecule has 0 spiro atoms. The molecular weight excluding hydrogens is 321 g/mol. The molecule has 0 radical (unpaired) electrons. The summed E-state index contributed by atoms with van der Waals surface area (Å²) in [5.74, 6) is -0.335. The van der Waals surface area contributed by atoms with Crippen molar-refractivity contribution in [3.05, 3.63) is 35.6 Å². The smallest absolute Gasteiger partial charge is 0.279 e. The zero-order chi connectivity index (χ0) is 17.0. The Kier molecular flexibility index (Phi) is 5.72. The molecule has 1 fully saturated rings. The number of hydrogen-bond acceptors (Lipinski definition) is 3. The van der Waals surface area contributed by atoms with Gasteiger partial charge in [-0.2, -0.15) is 12.7 Å². The third-order valence-electron chi connectivity index (χ3n) is 3.89. The minimum Gasteiger partial charge on any atom is -0.338 e. The molecule has 0 bridgehead atoms. The highest BCUT2D eigenvalue weighted by Gasteiger charge is 2.29. The maximum absolute atomic E-state index is 13.4. The second kappa shape index (κ2) is 7.37. The quantitative estimate of drug-likeness (QED) is 0.794. The Labute approximate surface area is 136 Å². The number of carbonyl (C=O) groups is 1. The second-order valence-corrected chi connectivity index (χ2v) is 7.78. The Morgan fingerprint density at radius 2 is 2.13 bits per heavy atom. The van der Waals surface area contributed by atoms with Gasteiger partial charge in [0.1, 0.15) is 5.82 Å². The Hall–Kier alpha value is -1.51. The lowest BCUT2D eigenvalue weighted by atomic mass is 10.0. The minimum atomic E-state index is -3.57. The van der Waals surface area contributed by atoms with Crippen LogP contribution in [-0.2, 0) is 21.4 Å². The molecule has 0 aromatic heterocycles. The molecule has 1 aliphatic heterocycles. The molecule has 23 heavy (non-hydrogen) atoms. The summed E-state index contributed by atoms with van der Waals surface area (Å²) in [6.07, 6.45) is 1.64. The predicted octanol–water partition coefficient (Wildman–Crippen LogP) is 0.755. The predicted molar refractivity (Wildman–Crippen MR) is 85.4 cm³/mol. The molecule has 1 aromatic rings. The van der Waals surface area contributed by atoms with Crippen LogP contribution in [-0.4, -0.2) is 56.8 Å². The van der Waals surface area contributed by atoms with Crippen LogP contribution < -0.4 is 4.72 Å². The van der Waals surface area contributed by atoms with E-state index in [1.54, 1.807) is 17.0 Å². The fourth-order valence-electron chi connectivity index (χ4n) is 2.61. The summed E-state index contributed by atoms with van der Waals surface area (Å²) < 4.78 is 40.7. The van der Waals surface area contributed by atoms with Crippen LogP contribution in [0.3, 0.4) is 0 Å². The first kappa shape index (κ1) is 17.8. The van der Waals surface area contributed by atoms with E-state index in [0.29, 0.717) is 19.4 Å². The normalized spacial score (nSPS) is 17.0. The van der Waals surface area contributed by atoms with Gasteiger partial charge in [-0.25, -0.2) is 9.11 Å². The molecule has 0 unspecified atom stereocenters. The first-order valence-corrected chi connectivity index (χ1v) is 8.94. The van der Waals surface area contributed by atoms with Crippen molar-refractivity contribution < 1.29 is 17.6 Å². The average molecular weight is 343 g/mol. The van der Waals surface area contributed by atoms with Gasteiger partial charge in [0.2, 0.25) is 5.91 Å². The summed E-state index contributed by atoms with van der Waals surface area (Å²) in [7, 11) is -0.699. The van der Waals surface area contributed by atoms with Crippen molar-refractivity contribution in [2.75, 3.05) is 27.2 Å². The zero-order valence-corrected chi connectivity index (χ0v) is 14.1. The summed E-state index contributed by atoms with van der Waals surface area (Å²) in [5.41, 5.74) is 0.735. The van der Waals surface area contributed by atoms with E-state index in [1.807, 2.05) is 0 Å². The summed E-state index contributed by atoms with van der Waals surface area (Å²) in [5, 5.41) is 0. The number of benzene rings is 1. The first-order valence-electron chi connectivity index (χ1n) is 7.50. The maximum atomic E-state index is 13.4. The largest absolute Gasteiger partial charge is 0.338 e. The van der Waals surface area contributed by atoms with Crippen LogP contribution in [0.4, 0.5) is 4.39 Å². The SMILES string of the molecule is CN(C)S(=O)(=O)NC[C@@H](Cc1cccc(F)c1)N1CCCC1=O. The molecule has 1 heterocycles. The second-order valence-electron chi connectivity index (χ2n) is 5.81. The van der Waals surface area contributed by atoms with Crippen molar-refractivity contribution >= 4 is 16.1 Å². The highest BCUT2D eigenvalue weighted by molar-refractivity contribution is 7.87. The van der Waals surface area contributed by atoms with Gasteiger partial charge < -0.3 is 4.90 Å². The summed E-state index contributed by atoms with van der Waals surface area (Å²) in [6, 6.07) is 5.82. The van der Waals surface area contributed by atoms with Crippen LogP contribution in [0.5, 0.6) is 0 Å². The molecule has 128 valence electrons. The van der Waals surface area contributed by atoms with E-state index in [2.05, 4.69) is 4.72 Å². The van der Waals surface area contributed by atoms with Crippen molar-refractivity contribution in [2.24, 2.45) is 0 Å². The third kappa shape index (κ3) is 4.73.